The molecule has 0 fully saturated rings. The summed E-state index contributed by atoms with van der Waals surface area (Å²) in [5, 5.41) is 0. The first-order chi connectivity index (χ1) is 16.8. The molecular formula is C27H21NO6. The van der Waals surface area contributed by atoms with Crippen LogP contribution in [0.2, 0.25) is 0 Å². The van der Waals surface area contributed by atoms with Crippen LogP contribution in [0.3, 0.4) is 0 Å². The number of allylic oxidation sites excluding steroid dienone is 1. The number of carbonyl (C=O) groups excluding carboxylic acids is 1. The topological polar surface area (TPSA) is 66.5 Å². The Morgan fingerprint density at radius 3 is 2.62 bits per heavy atom. The average molecular weight is 455 g/mol. The highest BCUT2D eigenvalue weighted by atomic mass is 16.7. The fourth-order valence-corrected chi connectivity index (χ4v) is 5.21. The van der Waals surface area contributed by atoms with E-state index in [-0.39, 0.29) is 32.3 Å². The van der Waals surface area contributed by atoms with E-state index in [9.17, 15) is 4.79 Å². The normalized spacial score (nSPS) is 18.5. The minimum atomic E-state index is -0.382. The number of benzene rings is 3. The van der Waals surface area contributed by atoms with Crippen molar-refractivity contribution in [3.63, 3.8) is 0 Å². The molecule has 0 aromatic heterocycles. The minimum absolute atomic E-state index is 0.180. The molecule has 0 unspecified atom stereocenters. The Bertz CT molecular complexity index is 1350. The van der Waals surface area contributed by atoms with E-state index >= 15 is 0 Å². The van der Waals surface area contributed by atoms with Gasteiger partial charge in [-0.05, 0) is 52.4 Å². The highest BCUT2D eigenvalue weighted by molar-refractivity contribution is 5.85. The van der Waals surface area contributed by atoms with E-state index in [1.54, 1.807) is 4.90 Å². The quantitative estimate of drug-likeness (QED) is 0.543. The number of ether oxygens (including phenoxy) is 5. The van der Waals surface area contributed by atoms with Crippen molar-refractivity contribution in [2.45, 2.75) is 25.6 Å². The molecule has 0 spiro atoms. The van der Waals surface area contributed by atoms with Crippen molar-refractivity contribution in [1.82, 2.24) is 4.90 Å². The summed E-state index contributed by atoms with van der Waals surface area (Å²) in [6, 6.07) is 17.4. The maximum absolute atomic E-state index is 13.5. The van der Waals surface area contributed by atoms with Gasteiger partial charge < -0.3 is 23.7 Å². The maximum Gasteiger partial charge on any atom is 0.411 e. The first-order valence-electron chi connectivity index (χ1n) is 11.3. The standard InChI is InChI=1S/C27H21NO6/c29-27(30-13-16-4-2-1-3-5-16)28-12-21-18(8-9-22-26(21)34-15-31-22)19-7-6-17-10-23-24(33-14-32-23)11-20(17)25(19)28/h1-5,7-11,25H,6,12-15H2/t25-/m0/s1. The molecule has 0 saturated heterocycles. The Morgan fingerprint density at radius 1 is 0.941 bits per heavy atom. The summed E-state index contributed by atoms with van der Waals surface area (Å²) in [6.45, 7) is 0.942. The summed E-state index contributed by atoms with van der Waals surface area (Å²) in [6.07, 6.45) is 2.54. The molecule has 7 heteroatoms. The Kier molecular flexibility index (Phi) is 4.24. The summed E-state index contributed by atoms with van der Waals surface area (Å²) in [4.78, 5) is 15.3. The van der Waals surface area contributed by atoms with Crippen LogP contribution < -0.4 is 18.9 Å². The predicted molar refractivity (Wildman–Crippen MR) is 122 cm³/mol. The smallest absolute Gasteiger partial charge is 0.411 e. The van der Waals surface area contributed by atoms with Gasteiger partial charge in [0.1, 0.15) is 6.61 Å². The molecule has 3 aromatic rings. The number of hydrogen-bond acceptors (Lipinski definition) is 6. The third-order valence-corrected chi connectivity index (χ3v) is 6.80. The number of hydrogen-bond donors (Lipinski definition) is 0. The van der Waals surface area contributed by atoms with E-state index in [0.717, 1.165) is 45.6 Å². The van der Waals surface area contributed by atoms with Crippen LogP contribution in [0.15, 0.2) is 60.7 Å². The molecule has 1 atom stereocenters. The number of rotatable bonds is 2. The van der Waals surface area contributed by atoms with Crippen molar-refractivity contribution in [2.75, 3.05) is 13.6 Å². The lowest BCUT2D eigenvalue weighted by Gasteiger charge is -2.41. The summed E-state index contributed by atoms with van der Waals surface area (Å²) in [7, 11) is 0. The molecule has 1 amide bonds. The van der Waals surface area contributed by atoms with Crippen LogP contribution in [0.1, 0.15) is 33.9 Å². The highest BCUT2D eigenvalue weighted by Crippen LogP contribution is 2.52. The molecule has 7 nitrogen and oxygen atoms in total. The first kappa shape index (κ1) is 19.3. The fourth-order valence-electron chi connectivity index (χ4n) is 5.21. The largest absolute Gasteiger partial charge is 0.454 e. The molecule has 7 rings (SSSR count). The monoisotopic (exact) mass is 455 g/mol. The molecular weight excluding hydrogens is 434 g/mol. The number of carbonyl (C=O) groups is 1. The Balaban J connectivity index is 1.32. The molecule has 34 heavy (non-hydrogen) atoms. The van der Waals surface area contributed by atoms with Gasteiger partial charge >= 0.3 is 6.09 Å². The van der Waals surface area contributed by atoms with E-state index in [1.807, 2.05) is 48.5 Å². The van der Waals surface area contributed by atoms with Crippen molar-refractivity contribution in [3.8, 4) is 23.0 Å². The number of fused-ring (bicyclic) bond motifs is 8. The summed E-state index contributed by atoms with van der Waals surface area (Å²) >= 11 is 0. The zero-order chi connectivity index (χ0) is 22.6. The lowest BCUT2D eigenvalue weighted by atomic mass is 9.78. The van der Waals surface area contributed by atoms with Crippen LogP contribution in [0.5, 0.6) is 23.0 Å². The van der Waals surface area contributed by atoms with Gasteiger partial charge in [-0.1, -0.05) is 42.5 Å². The van der Waals surface area contributed by atoms with Gasteiger partial charge in [0.25, 0.3) is 0 Å². The molecule has 3 heterocycles. The lowest BCUT2D eigenvalue weighted by molar-refractivity contribution is 0.0831. The minimum Gasteiger partial charge on any atom is -0.454 e. The van der Waals surface area contributed by atoms with Gasteiger partial charge in [0.2, 0.25) is 13.6 Å². The van der Waals surface area contributed by atoms with Crippen molar-refractivity contribution < 1.29 is 28.5 Å². The van der Waals surface area contributed by atoms with Gasteiger partial charge in [0, 0.05) is 5.56 Å². The summed E-state index contributed by atoms with van der Waals surface area (Å²) in [5.74, 6) is 2.85. The molecule has 0 radical (unpaired) electrons. The second kappa shape index (κ2) is 7.45. The van der Waals surface area contributed by atoms with Gasteiger partial charge in [-0.25, -0.2) is 4.79 Å². The van der Waals surface area contributed by atoms with Crippen molar-refractivity contribution in [2.24, 2.45) is 0 Å². The predicted octanol–water partition coefficient (Wildman–Crippen LogP) is 4.98. The van der Waals surface area contributed by atoms with E-state index in [2.05, 4.69) is 12.1 Å². The van der Waals surface area contributed by atoms with Crippen LogP contribution in [0.4, 0.5) is 4.79 Å². The van der Waals surface area contributed by atoms with E-state index in [1.165, 1.54) is 0 Å². The highest BCUT2D eigenvalue weighted by Gasteiger charge is 2.41. The number of amides is 1. The van der Waals surface area contributed by atoms with Crippen molar-refractivity contribution >= 4 is 11.7 Å². The van der Waals surface area contributed by atoms with Crippen LogP contribution >= 0.6 is 0 Å². The molecule has 4 aliphatic rings. The van der Waals surface area contributed by atoms with E-state index in [4.69, 9.17) is 23.7 Å². The fraction of sp³-hybridized carbons (Fsp3) is 0.222. The molecule has 1 aliphatic carbocycles. The van der Waals surface area contributed by atoms with Gasteiger partial charge in [-0.2, -0.15) is 0 Å². The van der Waals surface area contributed by atoms with Gasteiger partial charge in [0.05, 0.1) is 12.6 Å². The Labute approximate surface area is 196 Å². The van der Waals surface area contributed by atoms with Crippen LogP contribution in [0.25, 0.3) is 5.57 Å². The van der Waals surface area contributed by atoms with Gasteiger partial charge in [0.15, 0.2) is 23.0 Å². The second-order valence-corrected chi connectivity index (χ2v) is 8.66. The number of nitrogens with zero attached hydrogens (tertiary/aromatic N) is 1. The van der Waals surface area contributed by atoms with Gasteiger partial charge in [-0.15, -0.1) is 0 Å². The molecule has 0 bridgehead atoms. The van der Waals surface area contributed by atoms with Crippen molar-refractivity contribution in [3.05, 3.63) is 88.5 Å². The molecule has 0 saturated carbocycles. The zero-order valence-electron chi connectivity index (χ0n) is 18.3. The second-order valence-electron chi connectivity index (χ2n) is 8.66. The average Bonchev–Trinajstić information content (AvgIpc) is 3.55. The first-order valence-corrected chi connectivity index (χ1v) is 11.3. The Hall–Kier alpha value is -4.13. The Morgan fingerprint density at radius 2 is 1.74 bits per heavy atom. The van der Waals surface area contributed by atoms with Gasteiger partial charge in [-0.3, -0.25) is 4.90 Å². The van der Waals surface area contributed by atoms with Crippen LogP contribution in [-0.2, 0) is 24.3 Å². The SMILES string of the molecule is O=C(OCc1ccccc1)N1Cc2c(ccc3c2OCO3)C2=CCc3cc4c(cc3[C@H]21)OCO4. The summed E-state index contributed by atoms with van der Waals surface area (Å²) < 4.78 is 28.4. The van der Waals surface area contributed by atoms with E-state index < -0.39 is 0 Å². The zero-order valence-corrected chi connectivity index (χ0v) is 18.3. The van der Waals surface area contributed by atoms with Crippen molar-refractivity contribution in [1.29, 1.82) is 0 Å². The van der Waals surface area contributed by atoms with Crippen LogP contribution in [-0.4, -0.2) is 24.6 Å². The maximum atomic E-state index is 13.5. The molecule has 170 valence electrons. The third-order valence-electron chi connectivity index (χ3n) is 6.80. The van der Waals surface area contributed by atoms with Crippen LogP contribution in [0, 0.1) is 0 Å². The third kappa shape index (κ3) is 2.93. The lowest BCUT2D eigenvalue weighted by Crippen LogP contribution is -2.40. The molecule has 0 N–H and O–H groups in total. The van der Waals surface area contributed by atoms with E-state index in [0.29, 0.717) is 23.8 Å². The molecule has 3 aliphatic heterocycles. The summed E-state index contributed by atoms with van der Waals surface area (Å²) in [5.41, 5.74) is 6.16. The molecule has 3 aromatic carbocycles.